The van der Waals surface area contributed by atoms with E-state index >= 15 is 0 Å². The van der Waals surface area contributed by atoms with E-state index in [2.05, 4.69) is 12.0 Å². The Bertz CT molecular complexity index is 500. The van der Waals surface area contributed by atoms with Crippen molar-refractivity contribution in [3.8, 4) is 5.69 Å². The lowest BCUT2D eigenvalue weighted by Crippen LogP contribution is -2.09. The summed E-state index contributed by atoms with van der Waals surface area (Å²) in [6.07, 6.45) is -3.01. The van der Waals surface area contributed by atoms with E-state index in [0.29, 0.717) is 5.69 Å². The third-order valence-electron chi connectivity index (χ3n) is 2.35. The molecule has 1 aromatic heterocycles. The summed E-state index contributed by atoms with van der Waals surface area (Å²) in [5, 5.41) is 3.57. The first-order valence-corrected chi connectivity index (χ1v) is 5.03. The fraction of sp³-hybridized carbons (Fsp3) is 0.167. The van der Waals surface area contributed by atoms with Gasteiger partial charge in [0.25, 0.3) is 0 Å². The summed E-state index contributed by atoms with van der Waals surface area (Å²) in [7, 11) is 0. The molecule has 0 fully saturated rings. The van der Waals surface area contributed by atoms with E-state index in [-0.39, 0.29) is 12.0 Å². The van der Waals surface area contributed by atoms with Gasteiger partial charge in [0, 0.05) is 11.8 Å². The first-order chi connectivity index (χ1) is 8.02. The monoisotopic (exact) mass is 239 g/mol. The van der Waals surface area contributed by atoms with Crippen molar-refractivity contribution in [2.24, 2.45) is 0 Å². The lowest BCUT2D eigenvalue weighted by atomic mass is 10.2. The highest BCUT2D eigenvalue weighted by Crippen LogP contribution is 2.31. The van der Waals surface area contributed by atoms with Crippen LogP contribution in [0.4, 0.5) is 13.2 Å². The summed E-state index contributed by atoms with van der Waals surface area (Å²) < 4.78 is 39.2. The van der Waals surface area contributed by atoms with Gasteiger partial charge in [-0.2, -0.15) is 18.3 Å². The second-order valence-electron chi connectivity index (χ2n) is 3.53. The highest BCUT2D eigenvalue weighted by atomic mass is 19.4. The molecule has 2 aromatic rings. The Hall–Kier alpha value is -1.78. The molecular weight excluding hydrogens is 229 g/mol. The van der Waals surface area contributed by atoms with E-state index in [0.717, 1.165) is 0 Å². The number of hydrogen-bond acceptors (Lipinski definition) is 1. The van der Waals surface area contributed by atoms with Crippen LogP contribution in [0.25, 0.3) is 5.69 Å². The van der Waals surface area contributed by atoms with Crippen LogP contribution in [-0.2, 0) is 12.6 Å². The second kappa shape index (κ2) is 4.24. The molecule has 1 aromatic carbocycles. The van der Waals surface area contributed by atoms with Gasteiger partial charge in [0.2, 0.25) is 0 Å². The standard InChI is InChI=1S/C12H10F3N2/c1-2-9-8-17(10-6-4-3-5-7-10)16-11(9)12(13,14)15/h3-8H,1-2H2. The number of hydrogen-bond donors (Lipinski definition) is 0. The average Bonchev–Trinajstić information content (AvgIpc) is 2.74. The van der Waals surface area contributed by atoms with Crippen LogP contribution in [0.3, 0.4) is 0 Å². The largest absolute Gasteiger partial charge is 0.435 e. The molecule has 0 aliphatic rings. The molecule has 2 nitrogen and oxygen atoms in total. The number of alkyl halides is 3. The van der Waals surface area contributed by atoms with Crippen molar-refractivity contribution in [2.45, 2.75) is 12.6 Å². The topological polar surface area (TPSA) is 17.8 Å². The quantitative estimate of drug-likeness (QED) is 0.786. The summed E-state index contributed by atoms with van der Waals surface area (Å²) in [4.78, 5) is 0. The maximum absolute atomic E-state index is 12.7. The molecule has 0 bridgehead atoms. The molecule has 0 atom stereocenters. The van der Waals surface area contributed by atoms with Crippen LogP contribution in [0.1, 0.15) is 11.3 Å². The van der Waals surface area contributed by atoms with E-state index < -0.39 is 11.9 Å². The van der Waals surface area contributed by atoms with Crippen LogP contribution in [-0.4, -0.2) is 9.78 Å². The predicted octanol–water partition coefficient (Wildman–Crippen LogP) is 3.27. The maximum Gasteiger partial charge on any atom is 0.435 e. The number of benzene rings is 1. The van der Waals surface area contributed by atoms with E-state index in [1.807, 2.05) is 0 Å². The van der Waals surface area contributed by atoms with Gasteiger partial charge in [0.05, 0.1) is 5.69 Å². The van der Waals surface area contributed by atoms with Crippen LogP contribution in [0, 0.1) is 6.92 Å². The summed E-state index contributed by atoms with van der Waals surface area (Å²) >= 11 is 0. The number of nitrogens with zero attached hydrogens (tertiary/aromatic N) is 2. The van der Waals surface area contributed by atoms with Crippen molar-refractivity contribution in [3.63, 3.8) is 0 Å². The smallest absolute Gasteiger partial charge is 0.240 e. The molecule has 1 radical (unpaired) electrons. The Morgan fingerprint density at radius 1 is 1.18 bits per heavy atom. The number of para-hydroxylation sites is 1. The minimum atomic E-state index is -4.44. The third-order valence-corrected chi connectivity index (χ3v) is 2.35. The molecule has 0 amide bonds. The zero-order valence-corrected chi connectivity index (χ0v) is 8.91. The fourth-order valence-electron chi connectivity index (χ4n) is 1.54. The lowest BCUT2D eigenvalue weighted by molar-refractivity contribution is -0.141. The number of halogens is 3. The van der Waals surface area contributed by atoms with Gasteiger partial charge in [-0.3, -0.25) is 0 Å². The van der Waals surface area contributed by atoms with Gasteiger partial charge in [0.1, 0.15) is 0 Å². The van der Waals surface area contributed by atoms with Gasteiger partial charge in [-0.1, -0.05) is 18.2 Å². The normalized spacial score (nSPS) is 11.8. The maximum atomic E-state index is 12.7. The van der Waals surface area contributed by atoms with Crippen molar-refractivity contribution in [1.82, 2.24) is 9.78 Å². The third kappa shape index (κ3) is 2.33. The van der Waals surface area contributed by atoms with Gasteiger partial charge in [-0.05, 0) is 25.5 Å². The molecule has 89 valence electrons. The zero-order chi connectivity index (χ0) is 12.5. The van der Waals surface area contributed by atoms with E-state index in [1.165, 1.54) is 10.9 Å². The van der Waals surface area contributed by atoms with Crippen LogP contribution in [0.5, 0.6) is 0 Å². The molecule has 0 aliphatic carbocycles. The summed E-state index contributed by atoms with van der Waals surface area (Å²) in [5.41, 5.74) is -0.171. The van der Waals surface area contributed by atoms with Crippen LogP contribution in [0.2, 0.25) is 0 Å². The van der Waals surface area contributed by atoms with Crippen LogP contribution >= 0.6 is 0 Å². The molecule has 5 heteroatoms. The summed E-state index contributed by atoms with van der Waals surface area (Å²) in [5.74, 6) is 0. The molecule has 0 spiro atoms. The van der Waals surface area contributed by atoms with Crippen LogP contribution < -0.4 is 0 Å². The lowest BCUT2D eigenvalue weighted by Gasteiger charge is -2.03. The Morgan fingerprint density at radius 2 is 1.82 bits per heavy atom. The van der Waals surface area contributed by atoms with E-state index in [4.69, 9.17) is 0 Å². The first-order valence-electron chi connectivity index (χ1n) is 5.03. The highest BCUT2D eigenvalue weighted by Gasteiger charge is 2.36. The van der Waals surface area contributed by atoms with Gasteiger partial charge >= 0.3 is 6.18 Å². The van der Waals surface area contributed by atoms with Crippen molar-refractivity contribution in [3.05, 3.63) is 54.7 Å². The SMILES string of the molecule is [CH2]Cc1cn(-c2ccccc2)nc1C(F)(F)F. The average molecular weight is 239 g/mol. The molecule has 17 heavy (non-hydrogen) atoms. The van der Waals surface area contributed by atoms with Gasteiger partial charge < -0.3 is 0 Å². The van der Waals surface area contributed by atoms with Gasteiger partial charge in [0.15, 0.2) is 5.69 Å². The van der Waals surface area contributed by atoms with Gasteiger partial charge in [-0.25, -0.2) is 4.68 Å². The molecule has 0 unspecified atom stereocenters. The first kappa shape index (κ1) is 11.7. The molecule has 0 aliphatic heterocycles. The molecule has 0 saturated carbocycles. The molecule has 1 heterocycles. The van der Waals surface area contributed by atoms with E-state index in [1.54, 1.807) is 30.3 Å². The van der Waals surface area contributed by atoms with Gasteiger partial charge in [-0.15, -0.1) is 0 Å². The predicted molar refractivity (Wildman–Crippen MR) is 57.6 cm³/mol. The Morgan fingerprint density at radius 3 is 2.29 bits per heavy atom. The zero-order valence-electron chi connectivity index (χ0n) is 8.91. The summed E-state index contributed by atoms with van der Waals surface area (Å²) in [6, 6.07) is 8.67. The minimum absolute atomic E-state index is 0.0572. The molecular formula is C12H10F3N2. The summed E-state index contributed by atoms with van der Waals surface area (Å²) in [6.45, 7) is 3.48. The minimum Gasteiger partial charge on any atom is -0.240 e. The number of rotatable bonds is 2. The van der Waals surface area contributed by atoms with Crippen molar-refractivity contribution < 1.29 is 13.2 Å². The number of aromatic nitrogens is 2. The Labute approximate surface area is 96.7 Å². The van der Waals surface area contributed by atoms with E-state index in [9.17, 15) is 13.2 Å². The Kier molecular flexibility index (Phi) is 2.92. The fourth-order valence-corrected chi connectivity index (χ4v) is 1.54. The van der Waals surface area contributed by atoms with Crippen molar-refractivity contribution in [1.29, 1.82) is 0 Å². The van der Waals surface area contributed by atoms with Crippen molar-refractivity contribution in [2.75, 3.05) is 0 Å². The molecule has 0 N–H and O–H groups in total. The second-order valence-corrected chi connectivity index (χ2v) is 3.53. The van der Waals surface area contributed by atoms with Crippen LogP contribution in [0.15, 0.2) is 36.5 Å². The Balaban J connectivity index is 2.49. The highest BCUT2D eigenvalue weighted by molar-refractivity contribution is 5.33. The molecule has 0 saturated heterocycles. The molecule has 2 rings (SSSR count). The van der Waals surface area contributed by atoms with Crippen molar-refractivity contribution >= 4 is 0 Å².